The number of nitrogens with zero attached hydrogens (tertiary/aromatic N) is 3. The van der Waals surface area contributed by atoms with Gasteiger partial charge in [-0.2, -0.15) is 5.10 Å². The van der Waals surface area contributed by atoms with E-state index in [4.69, 9.17) is 5.73 Å². The number of carbonyl (C=O) groups is 1. The molecular formula is C19H25N5O. The van der Waals surface area contributed by atoms with E-state index in [1.165, 1.54) is 38.8 Å². The highest BCUT2D eigenvalue weighted by Gasteiger charge is 2.35. The maximum absolute atomic E-state index is 13.0. The molecule has 6 rings (SSSR count). The first kappa shape index (κ1) is 15.2. The van der Waals surface area contributed by atoms with Crippen molar-refractivity contribution in [3.8, 4) is 0 Å². The van der Waals surface area contributed by atoms with Crippen molar-refractivity contribution in [2.75, 3.05) is 25.4 Å². The molecule has 4 heterocycles. The van der Waals surface area contributed by atoms with Gasteiger partial charge in [-0.25, -0.2) is 0 Å². The summed E-state index contributed by atoms with van der Waals surface area (Å²) < 4.78 is 2.00. The van der Waals surface area contributed by atoms with Gasteiger partial charge in [-0.15, -0.1) is 0 Å². The second-order valence-corrected chi connectivity index (χ2v) is 7.97. The molecule has 2 aromatic rings. The number of nitrogens with one attached hydrogen (secondary N) is 1. The van der Waals surface area contributed by atoms with Crippen molar-refractivity contribution in [3.05, 3.63) is 23.9 Å². The zero-order valence-corrected chi connectivity index (χ0v) is 14.4. The van der Waals surface area contributed by atoms with Gasteiger partial charge in [0.15, 0.2) is 5.69 Å². The molecule has 0 radical (unpaired) electrons. The van der Waals surface area contributed by atoms with E-state index < -0.39 is 0 Å². The number of nitrogens with two attached hydrogens (primary N) is 1. The summed E-state index contributed by atoms with van der Waals surface area (Å²) in [4.78, 5) is 15.4. The highest BCUT2D eigenvalue weighted by molar-refractivity contribution is 6.05. The lowest BCUT2D eigenvalue weighted by atomic mass is 9.84. The summed E-state index contributed by atoms with van der Waals surface area (Å²) >= 11 is 0. The average molecular weight is 339 g/mol. The molecule has 4 aliphatic rings. The van der Waals surface area contributed by atoms with Crippen LogP contribution in [0.15, 0.2) is 18.2 Å². The molecule has 6 nitrogen and oxygen atoms in total. The number of amides is 1. The van der Waals surface area contributed by atoms with Gasteiger partial charge in [-0.3, -0.25) is 9.48 Å². The fourth-order valence-electron chi connectivity index (χ4n) is 4.41. The molecule has 3 N–H and O–H groups in total. The first-order valence-corrected chi connectivity index (χ1v) is 9.46. The van der Waals surface area contributed by atoms with Gasteiger partial charge in [-0.1, -0.05) is 0 Å². The van der Waals surface area contributed by atoms with Crippen molar-refractivity contribution in [1.29, 1.82) is 0 Å². The molecule has 1 aromatic heterocycles. The molecule has 25 heavy (non-hydrogen) atoms. The van der Waals surface area contributed by atoms with Crippen LogP contribution in [-0.2, 0) is 6.54 Å². The van der Waals surface area contributed by atoms with Crippen LogP contribution >= 0.6 is 0 Å². The lowest BCUT2D eigenvalue weighted by Crippen LogP contribution is -2.57. The van der Waals surface area contributed by atoms with Crippen LogP contribution in [0.4, 0.5) is 5.69 Å². The second-order valence-electron chi connectivity index (χ2n) is 7.97. The van der Waals surface area contributed by atoms with Crippen molar-refractivity contribution in [2.24, 2.45) is 11.8 Å². The lowest BCUT2D eigenvalue weighted by Gasteiger charge is -2.44. The Balaban J connectivity index is 1.44. The smallest absolute Gasteiger partial charge is 0.272 e. The van der Waals surface area contributed by atoms with Gasteiger partial charge in [0, 0.05) is 30.2 Å². The number of aromatic nitrogens is 2. The van der Waals surface area contributed by atoms with Crippen LogP contribution in [0.25, 0.3) is 10.9 Å². The molecule has 3 aliphatic heterocycles. The number of benzene rings is 1. The molecule has 4 fully saturated rings. The number of piperidine rings is 3. The van der Waals surface area contributed by atoms with Crippen LogP contribution in [0.2, 0.25) is 0 Å². The molecule has 1 aromatic carbocycles. The SMILES string of the molecule is Nc1ccc2c(c1)c(C(=O)N[C@@H]1CN3CCC1CC3)nn2CC1CC1. The van der Waals surface area contributed by atoms with Crippen LogP contribution in [0, 0.1) is 11.8 Å². The van der Waals surface area contributed by atoms with Crippen molar-refractivity contribution in [1.82, 2.24) is 20.0 Å². The van der Waals surface area contributed by atoms with Crippen LogP contribution in [0.1, 0.15) is 36.2 Å². The van der Waals surface area contributed by atoms with Crippen molar-refractivity contribution in [3.63, 3.8) is 0 Å². The van der Waals surface area contributed by atoms with Crippen LogP contribution in [0.3, 0.4) is 0 Å². The van der Waals surface area contributed by atoms with Gasteiger partial charge < -0.3 is 16.0 Å². The molecule has 3 saturated heterocycles. The van der Waals surface area contributed by atoms with E-state index in [2.05, 4.69) is 15.3 Å². The normalized spacial score (nSPS) is 28.4. The molecule has 1 atom stereocenters. The van der Waals surface area contributed by atoms with E-state index >= 15 is 0 Å². The molecular weight excluding hydrogens is 314 g/mol. The monoisotopic (exact) mass is 339 g/mol. The molecule has 1 aliphatic carbocycles. The van der Waals surface area contributed by atoms with E-state index in [0.717, 1.165) is 24.0 Å². The minimum Gasteiger partial charge on any atom is -0.399 e. The van der Waals surface area contributed by atoms with E-state index in [9.17, 15) is 4.79 Å². The highest BCUT2D eigenvalue weighted by atomic mass is 16.2. The zero-order valence-electron chi connectivity index (χ0n) is 14.4. The topological polar surface area (TPSA) is 76.2 Å². The van der Waals surface area contributed by atoms with Crippen LogP contribution < -0.4 is 11.1 Å². The maximum atomic E-state index is 13.0. The molecule has 0 spiro atoms. The summed E-state index contributed by atoms with van der Waals surface area (Å²) in [5.74, 6) is 1.26. The van der Waals surface area contributed by atoms with Crippen molar-refractivity contribution >= 4 is 22.5 Å². The number of hydrogen-bond acceptors (Lipinski definition) is 4. The number of nitrogen functional groups attached to an aromatic ring is 1. The molecule has 6 heteroatoms. The van der Waals surface area contributed by atoms with Crippen molar-refractivity contribution < 1.29 is 4.79 Å². The maximum Gasteiger partial charge on any atom is 0.272 e. The van der Waals surface area contributed by atoms with Crippen LogP contribution in [0.5, 0.6) is 0 Å². The third-order valence-corrected chi connectivity index (χ3v) is 6.09. The number of anilines is 1. The third-order valence-electron chi connectivity index (χ3n) is 6.09. The Kier molecular flexibility index (Phi) is 3.48. The molecule has 132 valence electrons. The number of carbonyl (C=O) groups excluding carboxylic acids is 1. The third kappa shape index (κ3) is 2.78. The first-order valence-electron chi connectivity index (χ1n) is 9.46. The van der Waals surface area contributed by atoms with E-state index in [1.807, 2.05) is 22.9 Å². The van der Waals surface area contributed by atoms with E-state index in [-0.39, 0.29) is 11.9 Å². The Bertz CT molecular complexity index is 817. The highest BCUT2D eigenvalue weighted by Crippen LogP contribution is 2.33. The summed E-state index contributed by atoms with van der Waals surface area (Å²) in [6, 6.07) is 6.02. The Morgan fingerprint density at radius 3 is 2.72 bits per heavy atom. The predicted octanol–water partition coefficient (Wildman–Crippen LogP) is 1.85. The summed E-state index contributed by atoms with van der Waals surface area (Å²) in [6.07, 6.45) is 4.90. The summed E-state index contributed by atoms with van der Waals surface area (Å²) in [6.45, 7) is 4.21. The molecule has 0 unspecified atom stereocenters. The van der Waals surface area contributed by atoms with Crippen LogP contribution in [-0.4, -0.2) is 46.3 Å². The van der Waals surface area contributed by atoms with Gasteiger partial charge in [0.25, 0.3) is 5.91 Å². The zero-order chi connectivity index (χ0) is 17.0. The van der Waals surface area contributed by atoms with Gasteiger partial charge in [0.2, 0.25) is 0 Å². The minimum absolute atomic E-state index is 0.0519. The Hall–Kier alpha value is -2.08. The molecule has 1 saturated carbocycles. The van der Waals surface area contributed by atoms with Gasteiger partial charge >= 0.3 is 0 Å². The fourth-order valence-corrected chi connectivity index (χ4v) is 4.41. The van der Waals surface area contributed by atoms with E-state index in [0.29, 0.717) is 23.2 Å². The molecule has 2 bridgehead atoms. The molecule has 1 amide bonds. The Morgan fingerprint density at radius 1 is 1.24 bits per heavy atom. The number of hydrogen-bond donors (Lipinski definition) is 2. The van der Waals surface area contributed by atoms with Crippen molar-refractivity contribution in [2.45, 2.75) is 38.3 Å². The summed E-state index contributed by atoms with van der Waals surface area (Å²) in [5, 5.41) is 8.81. The van der Waals surface area contributed by atoms with Gasteiger partial charge in [0.1, 0.15) is 0 Å². The Morgan fingerprint density at radius 2 is 2.04 bits per heavy atom. The minimum atomic E-state index is -0.0519. The standard InChI is InChI=1S/C19H25N5O/c20-14-3-4-17-15(9-14)18(22-24(17)10-12-1-2-12)19(25)21-16-11-23-7-5-13(16)6-8-23/h3-4,9,12-13,16H,1-2,5-8,10-11,20H2,(H,21,25)/t16-/m1/s1. The van der Waals surface area contributed by atoms with Gasteiger partial charge in [0.05, 0.1) is 5.52 Å². The summed E-state index contributed by atoms with van der Waals surface area (Å²) in [7, 11) is 0. The fraction of sp³-hybridized carbons (Fsp3) is 0.579. The second kappa shape index (κ2) is 5.73. The number of fused-ring (bicyclic) bond motifs is 4. The van der Waals surface area contributed by atoms with E-state index in [1.54, 1.807) is 0 Å². The first-order chi connectivity index (χ1) is 12.2. The number of rotatable bonds is 4. The largest absolute Gasteiger partial charge is 0.399 e. The lowest BCUT2D eigenvalue weighted by molar-refractivity contribution is 0.0618. The predicted molar refractivity (Wildman–Crippen MR) is 97.3 cm³/mol. The van der Waals surface area contributed by atoms with Gasteiger partial charge in [-0.05, 0) is 68.8 Å². The summed E-state index contributed by atoms with van der Waals surface area (Å²) in [5.41, 5.74) is 8.19. The Labute approximate surface area is 147 Å². The average Bonchev–Trinajstić information content (AvgIpc) is 3.37. The quantitative estimate of drug-likeness (QED) is 0.834.